The predicted molar refractivity (Wildman–Crippen MR) is 88.7 cm³/mol. The van der Waals surface area contributed by atoms with Crippen LogP contribution in [-0.2, 0) is 4.79 Å². The zero-order valence-corrected chi connectivity index (χ0v) is 13.2. The lowest BCUT2D eigenvalue weighted by molar-refractivity contribution is -0.136. The maximum absolute atomic E-state index is 12.0. The topological polar surface area (TPSA) is 62.5 Å². The molecule has 0 saturated heterocycles. The Bertz CT molecular complexity index is 734. The number of pyridine rings is 1. The van der Waals surface area contributed by atoms with Gasteiger partial charge >= 0.3 is 5.97 Å². The first-order chi connectivity index (χ1) is 10.4. The molecule has 2 aromatic rings. The normalized spacial score (nSPS) is 11.1. The molecule has 0 amide bonds. The Morgan fingerprint density at radius 1 is 1.27 bits per heavy atom. The van der Waals surface area contributed by atoms with Crippen LogP contribution >= 0.6 is 0 Å². The van der Waals surface area contributed by atoms with Crippen LogP contribution in [0.4, 0.5) is 5.69 Å². The lowest BCUT2D eigenvalue weighted by atomic mass is 10.1. The highest BCUT2D eigenvalue weighted by atomic mass is 16.4. The number of aromatic nitrogens is 1. The minimum atomic E-state index is -0.798. The minimum Gasteiger partial charge on any atom is -0.481 e. The zero-order valence-electron chi connectivity index (χ0n) is 13.2. The van der Waals surface area contributed by atoms with E-state index in [1.807, 2.05) is 49.9 Å². The smallest absolute Gasteiger partial charge is 0.305 e. The van der Waals surface area contributed by atoms with Crippen molar-refractivity contribution in [3.63, 3.8) is 0 Å². The first-order valence-electron chi connectivity index (χ1n) is 7.56. The molecule has 1 aromatic heterocycles. The van der Waals surface area contributed by atoms with Gasteiger partial charge < -0.3 is 14.6 Å². The summed E-state index contributed by atoms with van der Waals surface area (Å²) in [5, 5.41) is 9.83. The van der Waals surface area contributed by atoms with Crippen LogP contribution in [0.25, 0.3) is 10.9 Å². The number of anilines is 1. The summed E-state index contributed by atoms with van der Waals surface area (Å²) in [6.07, 6.45) is 0.109. The second-order valence-corrected chi connectivity index (χ2v) is 5.60. The molecule has 2 rings (SSSR count). The lowest BCUT2D eigenvalue weighted by Gasteiger charge is -2.23. The first kappa shape index (κ1) is 16.1. The second kappa shape index (κ2) is 6.64. The summed E-state index contributed by atoms with van der Waals surface area (Å²) in [6, 6.07) is 9.40. The van der Waals surface area contributed by atoms with E-state index >= 15 is 0 Å². The molecule has 0 unspecified atom stereocenters. The number of carboxylic acid groups (broad SMARTS) is 1. The van der Waals surface area contributed by atoms with Gasteiger partial charge in [-0.05, 0) is 45.0 Å². The number of carbonyl (C=O) groups is 1. The molecule has 0 saturated carbocycles. The van der Waals surface area contributed by atoms with E-state index in [2.05, 4.69) is 0 Å². The number of benzene rings is 1. The first-order valence-corrected chi connectivity index (χ1v) is 7.56. The van der Waals surface area contributed by atoms with Crippen LogP contribution in [0.3, 0.4) is 0 Å². The fraction of sp³-hybridized carbons (Fsp3) is 0.412. The number of nitrogens with zero attached hydrogens (tertiary/aromatic N) is 2. The summed E-state index contributed by atoms with van der Waals surface area (Å²) in [5.74, 6) is -0.798. The predicted octanol–water partition coefficient (Wildman–Crippen LogP) is 2.88. The van der Waals surface area contributed by atoms with Gasteiger partial charge in [-0.2, -0.15) is 0 Å². The van der Waals surface area contributed by atoms with Crippen LogP contribution in [-0.4, -0.2) is 28.7 Å². The van der Waals surface area contributed by atoms with Crippen LogP contribution < -0.4 is 10.5 Å². The average molecular weight is 302 g/mol. The fourth-order valence-electron chi connectivity index (χ4n) is 2.68. The van der Waals surface area contributed by atoms with Gasteiger partial charge in [0, 0.05) is 36.3 Å². The largest absolute Gasteiger partial charge is 0.481 e. The van der Waals surface area contributed by atoms with Crippen molar-refractivity contribution in [1.29, 1.82) is 0 Å². The fourth-order valence-corrected chi connectivity index (χ4v) is 2.68. The Kier molecular flexibility index (Phi) is 4.85. The van der Waals surface area contributed by atoms with Crippen molar-refractivity contribution in [3.8, 4) is 0 Å². The van der Waals surface area contributed by atoms with E-state index in [0.29, 0.717) is 6.54 Å². The third kappa shape index (κ3) is 3.30. The maximum Gasteiger partial charge on any atom is 0.305 e. The van der Waals surface area contributed by atoms with E-state index < -0.39 is 5.97 Å². The molecule has 118 valence electrons. The summed E-state index contributed by atoms with van der Waals surface area (Å²) in [5.41, 5.74) is 1.87. The Hall–Kier alpha value is -2.30. The highest BCUT2D eigenvalue weighted by Gasteiger charge is 2.10. The van der Waals surface area contributed by atoms with E-state index in [-0.39, 0.29) is 18.0 Å². The van der Waals surface area contributed by atoms with Crippen LogP contribution in [0, 0.1) is 0 Å². The molecule has 1 heterocycles. The number of fused-ring (bicyclic) bond motifs is 1. The van der Waals surface area contributed by atoms with Gasteiger partial charge in [-0.25, -0.2) is 0 Å². The van der Waals surface area contributed by atoms with Gasteiger partial charge in [-0.1, -0.05) is 0 Å². The maximum atomic E-state index is 12.0. The van der Waals surface area contributed by atoms with Crippen LogP contribution in [0.1, 0.15) is 33.2 Å². The molecule has 5 nitrogen and oxygen atoms in total. The van der Waals surface area contributed by atoms with Gasteiger partial charge in [0.1, 0.15) is 0 Å². The molecule has 1 aromatic carbocycles. The van der Waals surface area contributed by atoms with Gasteiger partial charge in [0.25, 0.3) is 5.56 Å². The Balaban J connectivity index is 2.44. The van der Waals surface area contributed by atoms with Crippen molar-refractivity contribution in [2.45, 2.75) is 33.2 Å². The molecule has 0 aliphatic carbocycles. The molecule has 0 radical (unpaired) electrons. The van der Waals surface area contributed by atoms with Crippen LogP contribution in [0.5, 0.6) is 0 Å². The quantitative estimate of drug-likeness (QED) is 0.891. The number of hydrogen-bond acceptors (Lipinski definition) is 3. The molecule has 5 heteroatoms. The number of rotatable bonds is 6. The third-order valence-corrected chi connectivity index (χ3v) is 3.77. The van der Waals surface area contributed by atoms with E-state index in [0.717, 1.165) is 23.1 Å². The Labute approximate surface area is 129 Å². The molecule has 0 aliphatic heterocycles. The highest BCUT2D eigenvalue weighted by Crippen LogP contribution is 2.23. The number of aliphatic carboxylic acids is 1. The average Bonchev–Trinajstić information content (AvgIpc) is 2.47. The summed E-state index contributed by atoms with van der Waals surface area (Å²) in [6.45, 7) is 7.19. The van der Waals surface area contributed by atoms with E-state index in [1.54, 1.807) is 10.6 Å². The molecular weight excluding hydrogens is 280 g/mol. The molecule has 0 bridgehead atoms. The molecule has 0 fully saturated rings. The zero-order chi connectivity index (χ0) is 16.3. The van der Waals surface area contributed by atoms with Gasteiger partial charge in [-0.15, -0.1) is 0 Å². The van der Waals surface area contributed by atoms with Crippen molar-refractivity contribution >= 4 is 22.6 Å². The Morgan fingerprint density at radius 2 is 2.00 bits per heavy atom. The van der Waals surface area contributed by atoms with Crippen molar-refractivity contribution in [3.05, 3.63) is 40.7 Å². The number of carboxylic acids is 1. The summed E-state index contributed by atoms with van der Waals surface area (Å²) in [4.78, 5) is 24.8. The third-order valence-electron chi connectivity index (χ3n) is 3.77. The number of hydrogen-bond donors (Lipinski definition) is 1. The van der Waals surface area contributed by atoms with Gasteiger partial charge in [0.05, 0.1) is 11.9 Å². The van der Waals surface area contributed by atoms with E-state index in [4.69, 9.17) is 5.11 Å². The molecule has 0 spiro atoms. The minimum absolute atomic E-state index is 0.00604. The summed E-state index contributed by atoms with van der Waals surface area (Å²) >= 11 is 0. The molecular formula is C17H22N2O3. The molecule has 1 N–H and O–H groups in total. The SMILES string of the molecule is CCN(CCC(=O)O)c1ccc2c(ccc(=O)n2C(C)C)c1. The summed E-state index contributed by atoms with van der Waals surface area (Å²) < 4.78 is 1.77. The summed E-state index contributed by atoms with van der Waals surface area (Å²) in [7, 11) is 0. The monoisotopic (exact) mass is 302 g/mol. The van der Waals surface area contributed by atoms with Crippen molar-refractivity contribution in [1.82, 2.24) is 4.57 Å². The van der Waals surface area contributed by atoms with Crippen LogP contribution in [0.2, 0.25) is 0 Å². The lowest BCUT2D eigenvalue weighted by Crippen LogP contribution is -2.26. The van der Waals surface area contributed by atoms with Crippen molar-refractivity contribution in [2.24, 2.45) is 0 Å². The van der Waals surface area contributed by atoms with E-state index in [9.17, 15) is 9.59 Å². The molecule has 0 aliphatic rings. The van der Waals surface area contributed by atoms with Gasteiger partial charge in [-0.3, -0.25) is 9.59 Å². The Morgan fingerprint density at radius 3 is 2.59 bits per heavy atom. The molecule has 0 atom stereocenters. The van der Waals surface area contributed by atoms with Gasteiger partial charge in [0.15, 0.2) is 0 Å². The van der Waals surface area contributed by atoms with Crippen molar-refractivity contribution in [2.75, 3.05) is 18.0 Å². The van der Waals surface area contributed by atoms with Crippen molar-refractivity contribution < 1.29 is 9.90 Å². The van der Waals surface area contributed by atoms with Gasteiger partial charge in [0.2, 0.25) is 0 Å². The van der Waals surface area contributed by atoms with Crippen LogP contribution in [0.15, 0.2) is 35.1 Å². The van der Waals surface area contributed by atoms with E-state index in [1.165, 1.54) is 0 Å². The molecule has 22 heavy (non-hydrogen) atoms. The second-order valence-electron chi connectivity index (χ2n) is 5.60. The highest BCUT2D eigenvalue weighted by molar-refractivity contribution is 5.83. The standard InChI is InChI=1S/C17H22N2O3/c1-4-18(10-9-17(21)22)14-6-7-15-13(11-14)5-8-16(20)19(15)12(2)3/h5-8,11-12H,4,9-10H2,1-3H3,(H,21,22).